The van der Waals surface area contributed by atoms with E-state index in [9.17, 15) is 9.90 Å². The largest absolute Gasteiger partial charge is 0.506 e. The van der Waals surface area contributed by atoms with Gasteiger partial charge in [-0.1, -0.05) is 33.6 Å². The van der Waals surface area contributed by atoms with E-state index in [0.29, 0.717) is 14.6 Å². The van der Waals surface area contributed by atoms with Crippen molar-refractivity contribution in [1.82, 2.24) is 5.32 Å². The quantitative estimate of drug-likeness (QED) is 0.529. The van der Waals surface area contributed by atoms with Gasteiger partial charge in [0.25, 0.3) is 0 Å². The molecule has 0 bridgehead atoms. The van der Waals surface area contributed by atoms with Crippen LogP contribution in [0.5, 0.6) is 5.75 Å². The Hall–Kier alpha value is -0.400. The van der Waals surface area contributed by atoms with Gasteiger partial charge in [0, 0.05) is 5.54 Å². The number of urea groups is 1. The minimum Gasteiger partial charge on any atom is -0.506 e. The van der Waals surface area contributed by atoms with Crippen molar-refractivity contribution in [2.24, 2.45) is 5.41 Å². The predicted octanol–water partition coefficient (Wildman–Crippen LogP) is 5.49. The van der Waals surface area contributed by atoms with Crippen LogP contribution in [0.25, 0.3) is 0 Å². The number of benzene rings is 1. The van der Waals surface area contributed by atoms with E-state index >= 15 is 0 Å². The molecule has 0 saturated heterocycles. The molecule has 1 aromatic carbocycles. The lowest BCUT2D eigenvalue weighted by Crippen LogP contribution is -2.49. The first kappa shape index (κ1) is 19.6. The molecule has 0 aliphatic carbocycles. The van der Waals surface area contributed by atoms with Gasteiger partial charge in [0.15, 0.2) is 0 Å². The summed E-state index contributed by atoms with van der Waals surface area (Å²) in [5, 5.41) is 12.7. The molecular weight excluding hydrogens is 432 g/mol. The van der Waals surface area contributed by atoms with E-state index in [1.165, 1.54) is 4.31 Å². The SMILES string of the molecule is CC(C)(C)CC(C)(C)NC(=O)N(S)c1cc(Br)c(O)c(Br)c1. The molecule has 0 fully saturated rings. The van der Waals surface area contributed by atoms with Crippen LogP contribution in [-0.4, -0.2) is 16.7 Å². The van der Waals surface area contributed by atoms with Crippen LogP contribution in [-0.2, 0) is 0 Å². The normalized spacial score (nSPS) is 12.2. The highest BCUT2D eigenvalue weighted by Gasteiger charge is 2.28. The first-order valence-corrected chi connectivity index (χ1v) is 8.80. The summed E-state index contributed by atoms with van der Waals surface area (Å²) in [5.41, 5.74) is 0.286. The first-order valence-electron chi connectivity index (χ1n) is 6.81. The van der Waals surface area contributed by atoms with Crippen LogP contribution >= 0.6 is 44.7 Å². The second-order valence-electron chi connectivity index (χ2n) is 7.12. The van der Waals surface area contributed by atoms with E-state index in [2.05, 4.69) is 70.8 Å². The summed E-state index contributed by atoms with van der Waals surface area (Å²) in [6.07, 6.45) is 0.830. The number of hydrogen-bond acceptors (Lipinski definition) is 3. The van der Waals surface area contributed by atoms with E-state index in [4.69, 9.17) is 0 Å². The van der Waals surface area contributed by atoms with Gasteiger partial charge in [0.05, 0.1) is 14.6 Å². The van der Waals surface area contributed by atoms with Crippen LogP contribution < -0.4 is 9.62 Å². The van der Waals surface area contributed by atoms with Crippen LogP contribution in [0, 0.1) is 5.41 Å². The van der Waals surface area contributed by atoms with Gasteiger partial charge in [0.1, 0.15) is 5.75 Å². The number of anilines is 1. The number of rotatable bonds is 3. The molecule has 2 N–H and O–H groups in total. The van der Waals surface area contributed by atoms with Crippen molar-refractivity contribution < 1.29 is 9.90 Å². The molecule has 0 radical (unpaired) electrons. The van der Waals surface area contributed by atoms with Crippen molar-refractivity contribution in [3.8, 4) is 5.75 Å². The van der Waals surface area contributed by atoms with Crippen molar-refractivity contribution in [2.75, 3.05) is 4.31 Å². The highest BCUT2D eigenvalue weighted by atomic mass is 79.9. The number of carbonyl (C=O) groups excluding carboxylic acids is 1. The maximum Gasteiger partial charge on any atom is 0.332 e. The van der Waals surface area contributed by atoms with Gasteiger partial charge in [-0.15, -0.1) is 0 Å². The number of halogens is 2. The molecule has 1 aromatic rings. The Morgan fingerprint density at radius 3 is 2.09 bits per heavy atom. The van der Waals surface area contributed by atoms with Gasteiger partial charge >= 0.3 is 6.03 Å². The zero-order chi connectivity index (χ0) is 17.3. The second kappa shape index (κ2) is 7.01. The number of nitrogens with zero attached hydrogens (tertiary/aromatic N) is 1. The molecule has 0 unspecified atom stereocenters. The van der Waals surface area contributed by atoms with Crippen LogP contribution in [0.4, 0.5) is 10.5 Å². The minimum atomic E-state index is -0.359. The zero-order valence-corrected chi connectivity index (χ0v) is 17.4. The first-order chi connectivity index (χ1) is 9.82. The molecule has 0 aromatic heterocycles. The third-order valence-corrected chi connectivity index (χ3v) is 4.48. The summed E-state index contributed by atoms with van der Waals surface area (Å²) in [7, 11) is 0. The lowest BCUT2D eigenvalue weighted by atomic mass is 9.82. The van der Waals surface area contributed by atoms with Gasteiger partial charge in [-0.2, -0.15) is 0 Å². The minimum absolute atomic E-state index is 0.0824. The van der Waals surface area contributed by atoms with Crippen LogP contribution in [0.15, 0.2) is 21.1 Å². The number of thiol groups is 1. The molecule has 7 heteroatoms. The molecule has 124 valence electrons. The second-order valence-corrected chi connectivity index (χ2v) is 9.23. The maximum absolute atomic E-state index is 12.4. The number of phenolic OH excluding ortho intramolecular Hbond substituents is 1. The lowest BCUT2D eigenvalue weighted by Gasteiger charge is -2.34. The van der Waals surface area contributed by atoms with E-state index in [-0.39, 0.29) is 22.7 Å². The highest BCUT2D eigenvalue weighted by molar-refractivity contribution is 9.11. The number of aromatic hydroxyl groups is 1. The van der Waals surface area contributed by atoms with Crippen LogP contribution in [0.1, 0.15) is 41.0 Å². The molecule has 1 rings (SSSR count). The lowest BCUT2D eigenvalue weighted by molar-refractivity contribution is 0.218. The zero-order valence-electron chi connectivity index (χ0n) is 13.4. The molecule has 0 atom stereocenters. The Balaban J connectivity index is 2.90. The van der Waals surface area contributed by atoms with E-state index in [1.54, 1.807) is 12.1 Å². The molecule has 22 heavy (non-hydrogen) atoms. The third kappa shape index (κ3) is 5.66. The topological polar surface area (TPSA) is 52.6 Å². The predicted molar refractivity (Wildman–Crippen MR) is 102 cm³/mol. The van der Waals surface area contributed by atoms with Gasteiger partial charge in [0.2, 0.25) is 0 Å². The molecule has 0 spiro atoms. The molecule has 0 heterocycles. The van der Waals surface area contributed by atoms with Crippen LogP contribution in [0.2, 0.25) is 0 Å². The van der Waals surface area contributed by atoms with Crippen molar-refractivity contribution in [3.63, 3.8) is 0 Å². The van der Waals surface area contributed by atoms with Crippen LogP contribution in [0.3, 0.4) is 0 Å². The van der Waals surface area contributed by atoms with Crippen molar-refractivity contribution in [3.05, 3.63) is 21.1 Å². The Bertz CT molecular complexity index is 548. The van der Waals surface area contributed by atoms with Crippen molar-refractivity contribution in [1.29, 1.82) is 0 Å². The van der Waals surface area contributed by atoms with E-state index < -0.39 is 0 Å². The van der Waals surface area contributed by atoms with Gasteiger partial charge in [-0.25, -0.2) is 9.10 Å². The standard InChI is InChI=1S/C15H22Br2N2O2S/c1-14(2,3)8-15(4,5)18-13(21)19(22)9-6-10(16)12(20)11(17)7-9/h6-7,20,22H,8H2,1-5H3,(H,18,21). The average Bonchev–Trinajstić information content (AvgIpc) is 2.30. The Morgan fingerprint density at radius 2 is 1.68 bits per heavy atom. The monoisotopic (exact) mass is 452 g/mol. The number of carbonyl (C=O) groups is 1. The fraction of sp³-hybridized carbons (Fsp3) is 0.533. The number of phenols is 1. The summed E-state index contributed by atoms with van der Waals surface area (Å²) >= 11 is 10.8. The molecule has 2 amide bonds. The summed E-state index contributed by atoms with van der Waals surface area (Å²) in [6.45, 7) is 10.4. The fourth-order valence-corrected chi connectivity index (χ4v) is 3.83. The number of nitrogens with one attached hydrogen (secondary N) is 1. The summed E-state index contributed by atoms with van der Waals surface area (Å²) in [4.78, 5) is 12.4. The van der Waals surface area contributed by atoms with Crippen molar-refractivity contribution in [2.45, 2.75) is 46.6 Å². The van der Waals surface area contributed by atoms with Gasteiger partial charge in [-0.05, 0) is 69.7 Å². The van der Waals surface area contributed by atoms with Gasteiger partial charge in [-0.3, -0.25) is 0 Å². The molecule has 4 nitrogen and oxygen atoms in total. The summed E-state index contributed by atoms with van der Waals surface area (Å²) in [6, 6.07) is 2.94. The Labute approximate surface area is 154 Å². The Morgan fingerprint density at radius 1 is 1.23 bits per heavy atom. The third-order valence-electron chi connectivity index (χ3n) is 2.86. The summed E-state index contributed by atoms with van der Waals surface area (Å²) in [5.74, 6) is 0.0824. The fourth-order valence-electron chi connectivity index (χ4n) is 2.50. The van der Waals surface area contributed by atoms with E-state index in [1.807, 2.05) is 13.8 Å². The average molecular weight is 454 g/mol. The maximum atomic E-state index is 12.4. The number of hydrogen-bond donors (Lipinski definition) is 3. The molecule has 0 saturated carbocycles. The van der Waals surface area contributed by atoms with Gasteiger partial charge < -0.3 is 10.4 Å². The molecular formula is C15H22Br2N2O2S. The smallest absolute Gasteiger partial charge is 0.332 e. The molecule has 0 aliphatic heterocycles. The molecule has 0 aliphatic rings. The Kier molecular flexibility index (Phi) is 6.26. The van der Waals surface area contributed by atoms with Crippen molar-refractivity contribution >= 4 is 56.4 Å². The highest BCUT2D eigenvalue weighted by Crippen LogP contribution is 2.37. The van der Waals surface area contributed by atoms with E-state index in [0.717, 1.165) is 6.42 Å². The summed E-state index contributed by atoms with van der Waals surface area (Å²) < 4.78 is 2.19. The number of amides is 2.